The SMILES string of the molecule is C=CC(c1ccc(F)cc1)S(=O)(=O)O. The highest BCUT2D eigenvalue weighted by Gasteiger charge is 2.21. The molecule has 3 nitrogen and oxygen atoms in total. The van der Waals surface area contributed by atoms with Crippen LogP contribution in [-0.4, -0.2) is 13.0 Å². The average molecular weight is 216 g/mol. The minimum Gasteiger partial charge on any atom is -0.285 e. The molecule has 0 saturated heterocycles. The van der Waals surface area contributed by atoms with Crippen LogP contribution in [0.1, 0.15) is 10.8 Å². The van der Waals surface area contributed by atoms with Crippen molar-refractivity contribution < 1.29 is 17.4 Å². The van der Waals surface area contributed by atoms with Gasteiger partial charge in [-0.05, 0) is 17.7 Å². The van der Waals surface area contributed by atoms with Crippen LogP contribution in [0.5, 0.6) is 0 Å². The molecule has 76 valence electrons. The van der Waals surface area contributed by atoms with Crippen molar-refractivity contribution in [2.45, 2.75) is 5.25 Å². The lowest BCUT2D eigenvalue weighted by Gasteiger charge is -2.08. The fourth-order valence-corrected chi connectivity index (χ4v) is 1.83. The summed E-state index contributed by atoms with van der Waals surface area (Å²) in [6.07, 6.45) is 1.09. The van der Waals surface area contributed by atoms with Crippen LogP contribution >= 0.6 is 0 Å². The fourth-order valence-electron chi connectivity index (χ4n) is 1.08. The van der Waals surface area contributed by atoms with Gasteiger partial charge in [0, 0.05) is 0 Å². The van der Waals surface area contributed by atoms with Gasteiger partial charge in [0.2, 0.25) is 0 Å². The Kier molecular flexibility index (Phi) is 3.03. The van der Waals surface area contributed by atoms with Gasteiger partial charge in [0.1, 0.15) is 11.1 Å². The van der Waals surface area contributed by atoms with Crippen molar-refractivity contribution in [2.75, 3.05) is 0 Å². The predicted octanol–water partition coefficient (Wildman–Crippen LogP) is 1.94. The smallest absolute Gasteiger partial charge is 0.275 e. The quantitative estimate of drug-likeness (QED) is 0.620. The van der Waals surface area contributed by atoms with E-state index in [2.05, 4.69) is 6.58 Å². The van der Waals surface area contributed by atoms with Crippen molar-refractivity contribution >= 4 is 10.1 Å². The number of benzene rings is 1. The lowest BCUT2D eigenvalue weighted by Crippen LogP contribution is -2.09. The van der Waals surface area contributed by atoms with E-state index in [1.54, 1.807) is 0 Å². The summed E-state index contributed by atoms with van der Waals surface area (Å²) < 4.78 is 43.0. The van der Waals surface area contributed by atoms with Gasteiger partial charge in [0.05, 0.1) is 0 Å². The maximum Gasteiger partial charge on any atom is 0.275 e. The molecule has 0 aromatic heterocycles. The monoisotopic (exact) mass is 216 g/mol. The summed E-state index contributed by atoms with van der Waals surface area (Å²) in [6.45, 7) is 3.29. The van der Waals surface area contributed by atoms with Crippen molar-refractivity contribution in [1.29, 1.82) is 0 Å². The first-order chi connectivity index (χ1) is 6.45. The summed E-state index contributed by atoms with van der Waals surface area (Å²) in [7, 11) is -4.22. The fraction of sp³-hybridized carbons (Fsp3) is 0.111. The Morgan fingerprint density at radius 1 is 1.36 bits per heavy atom. The average Bonchev–Trinajstić information content (AvgIpc) is 2.07. The maximum atomic E-state index is 12.5. The third kappa shape index (κ3) is 2.40. The highest BCUT2D eigenvalue weighted by molar-refractivity contribution is 7.86. The first-order valence-electron chi connectivity index (χ1n) is 3.79. The first kappa shape index (κ1) is 10.9. The molecule has 0 aliphatic heterocycles. The lowest BCUT2D eigenvalue weighted by molar-refractivity contribution is 0.476. The molecule has 0 spiro atoms. The Hall–Kier alpha value is -1.20. The minimum absolute atomic E-state index is 0.281. The third-order valence-corrected chi connectivity index (χ3v) is 2.84. The van der Waals surface area contributed by atoms with Gasteiger partial charge < -0.3 is 0 Å². The van der Waals surface area contributed by atoms with E-state index in [-0.39, 0.29) is 5.56 Å². The predicted molar refractivity (Wildman–Crippen MR) is 50.9 cm³/mol. The molecule has 0 heterocycles. The van der Waals surface area contributed by atoms with E-state index in [4.69, 9.17) is 4.55 Å². The molecule has 1 N–H and O–H groups in total. The summed E-state index contributed by atoms with van der Waals surface area (Å²) in [4.78, 5) is 0. The molecule has 5 heteroatoms. The second-order valence-electron chi connectivity index (χ2n) is 2.72. The molecular formula is C9H9FO3S. The number of hydrogen-bond donors (Lipinski definition) is 1. The molecule has 14 heavy (non-hydrogen) atoms. The van der Waals surface area contributed by atoms with E-state index >= 15 is 0 Å². The van der Waals surface area contributed by atoms with E-state index in [1.165, 1.54) is 12.1 Å². The van der Waals surface area contributed by atoms with Crippen LogP contribution in [0.4, 0.5) is 4.39 Å². The summed E-state index contributed by atoms with van der Waals surface area (Å²) in [5.74, 6) is -0.466. The van der Waals surface area contributed by atoms with Gasteiger partial charge in [-0.15, -0.1) is 6.58 Å². The van der Waals surface area contributed by atoms with Crippen LogP contribution in [0.15, 0.2) is 36.9 Å². The van der Waals surface area contributed by atoms with Crippen LogP contribution in [0.3, 0.4) is 0 Å². The van der Waals surface area contributed by atoms with Crippen molar-refractivity contribution in [1.82, 2.24) is 0 Å². The largest absolute Gasteiger partial charge is 0.285 e. The van der Waals surface area contributed by atoms with Crippen molar-refractivity contribution in [2.24, 2.45) is 0 Å². The van der Waals surface area contributed by atoms with Gasteiger partial charge in [0.25, 0.3) is 10.1 Å². The van der Waals surface area contributed by atoms with Gasteiger partial charge in [-0.3, -0.25) is 4.55 Å². The summed E-state index contributed by atoms with van der Waals surface area (Å²) in [5, 5.41) is -1.21. The summed E-state index contributed by atoms with van der Waals surface area (Å²) >= 11 is 0. The van der Waals surface area contributed by atoms with Crippen molar-refractivity contribution in [3.05, 3.63) is 48.3 Å². The number of halogens is 1. The van der Waals surface area contributed by atoms with Crippen LogP contribution < -0.4 is 0 Å². The van der Waals surface area contributed by atoms with Gasteiger partial charge >= 0.3 is 0 Å². The van der Waals surface area contributed by atoms with Gasteiger partial charge in [0.15, 0.2) is 0 Å². The number of rotatable bonds is 3. The second kappa shape index (κ2) is 3.89. The molecule has 0 saturated carbocycles. The van der Waals surface area contributed by atoms with Crippen molar-refractivity contribution in [3.8, 4) is 0 Å². The summed E-state index contributed by atoms with van der Waals surface area (Å²) in [6, 6.07) is 4.82. The Balaban J connectivity index is 3.15. The normalized spacial score (nSPS) is 13.6. The molecule has 1 unspecified atom stereocenters. The van der Waals surface area contributed by atoms with Crippen LogP contribution in [0.2, 0.25) is 0 Å². The van der Waals surface area contributed by atoms with Gasteiger partial charge in [-0.1, -0.05) is 18.2 Å². The molecule has 0 aliphatic carbocycles. The molecule has 0 fully saturated rings. The van der Waals surface area contributed by atoms with Gasteiger partial charge in [-0.2, -0.15) is 8.42 Å². The second-order valence-corrected chi connectivity index (χ2v) is 4.26. The van der Waals surface area contributed by atoms with Gasteiger partial charge in [-0.25, -0.2) is 4.39 Å². The van der Waals surface area contributed by atoms with Crippen LogP contribution in [0.25, 0.3) is 0 Å². The van der Waals surface area contributed by atoms with E-state index in [0.29, 0.717) is 0 Å². The molecule has 1 aromatic rings. The first-order valence-corrected chi connectivity index (χ1v) is 5.30. The molecule has 1 aromatic carbocycles. The zero-order valence-electron chi connectivity index (χ0n) is 7.22. The standard InChI is InChI=1S/C9H9FO3S/c1-2-9(14(11,12)13)7-3-5-8(10)6-4-7/h2-6,9H,1H2,(H,11,12,13). The Labute approximate surface area is 81.6 Å². The maximum absolute atomic E-state index is 12.5. The highest BCUT2D eigenvalue weighted by atomic mass is 32.2. The molecule has 1 atom stereocenters. The third-order valence-electron chi connectivity index (χ3n) is 1.73. The zero-order chi connectivity index (χ0) is 10.8. The topological polar surface area (TPSA) is 54.4 Å². The van der Waals surface area contributed by atoms with E-state index in [9.17, 15) is 12.8 Å². The van der Waals surface area contributed by atoms with E-state index in [1.807, 2.05) is 0 Å². The number of hydrogen-bond acceptors (Lipinski definition) is 2. The Bertz CT molecular complexity index is 422. The molecule has 1 rings (SSSR count). The molecule has 0 amide bonds. The molecule has 0 radical (unpaired) electrons. The Morgan fingerprint density at radius 2 is 1.86 bits per heavy atom. The van der Waals surface area contributed by atoms with Crippen molar-refractivity contribution in [3.63, 3.8) is 0 Å². The minimum atomic E-state index is -4.22. The van der Waals surface area contributed by atoms with E-state index in [0.717, 1.165) is 18.2 Å². The van der Waals surface area contributed by atoms with Crippen LogP contribution in [0, 0.1) is 5.82 Å². The summed E-state index contributed by atoms with van der Waals surface area (Å²) in [5.41, 5.74) is 0.281. The molecule has 0 aliphatic rings. The zero-order valence-corrected chi connectivity index (χ0v) is 8.04. The lowest BCUT2D eigenvalue weighted by atomic mass is 10.1. The van der Waals surface area contributed by atoms with Crippen LogP contribution in [-0.2, 0) is 10.1 Å². The highest BCUT2D eigenvalue weighted by Crippen LogP contribution is 2.22. The molecule has 0 bridgehead atoms. The Morgan fingerprint density at radius 3 is 2.21 bits per heavy atom. The van der Waals surface area contributed by atoms with E-state index < -0.39 is 21.2 Å². The molecular weight excluding hydrogens is 207 g/mol.